The van der Waals surface area contributed by atoms with E-state index in [0.29, 0.717) is 6.29 Å². The van der Waals surface area contributed by atoms with E-state index in [1.54, 1.807) is 0 Å². The molecule has 3 aliphatic carbocycles. The van der Waals surface area contributed by atoms with Crippen molar-refractivity contribution in [1.82, 2.24) is 4.90 Å². The molecule has 7 N–H and O–H groups in total. The lowest BCUT2D eigenvalue weighted by Gasteiger charge is -2.50. The standard InChI is InChI=1S/C23H24FN3O8/c1-27(2)16-10-6-8-5-9-11(24)7-12(26-3-4-28)17(29)14(9)18(30)13(8)20(32)23(10,35)21(33)15(19(16)31)22(25)34/h4,7-8,10,16,26,29-30,33,35H,3,5-6H2,1-2H3,(H2,25,34)/t8-,10-,16-,23-/m0/s1. The summed E-state index contributed by atoms with van der Waals surface area (Å²) in [4.78, 5) is 50.7. The highest BCUT2D eigenvalue weighted by atomic mass is 19.1. The molecule has 1 saturated carbocycles. The number of carbonyl (C=O) groups is 4. The first-order valence-corrected chi connectivity index (χ1v) is 10.7. The van der Waals surface area contributed by atoms with Crippen LogP contribution >= 0.6 is 0 Å². The van der Waals surface area contributed by atoms with E-state index in [1.165, 1.54) is 19.0 Å². The minimum atomic E-state index is -2.77. The SMILES string of the molecule is CN(C)[C@@H]1C(=O)C(C(N)=O)=C(O)[C@@]2(O)C(=O)C3=C(O)c4c(O)c(NCC=O)cc(F)c4C[C@H]3C[C@@H]12. The van der Waals surface area contributed by atoms with Gasteiger partial charge >= 0.3 is 0 Å². The Morgan fingerprint density at radius 2 is 1.97 bits per heavy atom. The number of fused-ring (bicyclic) bond motifs is 3. The zero-order valence-corrected chi connectivity index (χ0v) is 18.8. The molecule has 0 heterocycles. The molecular formula is C23H24FN3O8. The Morgan fingerprint density at radius 1 is 1.31 bits per heavy atom. The van der Waals surface area contributed by atoms with Crippen molar-refractivity contribution in [2.45, 2.75) is 24.5 Å². The number of halogens is 1. The molecule has 1 aromatic carbocycles. The summed E-state index contributed by atoms with van der Waals surface area (Å²) < 4.78 is 15.0. The Bertz CT molecular complexity index is 1250. The number of anilines is 1. The minimum Gasteiger partial charge on any atom is -0.508 e. The number of phenols is 1. The van der Waals surface area contributed by atoms with E-state index in [2.05, 4.69) is 5.32 Å². The number of aldehydes is 1. The number of aliphatic hydroxyl groups is 3. The highest BCUT2D eigenvalue weighted by Gasteiger charge is 2.64. The monoisotopic (exact) mass is 489 g/mol. The molecule has 0 radical (unpaired) electrons. The van der Waals surface area contributed by atoms with Gasteiger partial charge in [0.25, 0.3) is 5.91 Å². The summed E-state index contributed by atoms with van der Waals surface area (Å²) in [5, 5.41) is 46.4. The van der Waals surface area contributed by atoms with Gasteiger partial charge in [-0.15, -0.1) is 0 Å². The fourth-order valence-electron chi connectivity index (χ4n) is 5.55. The number of likely N-dealkylation sites (N-methyl/N-ethyl adjacent to an activating group) is 1. The number of phenolic OH excluding ortho intramolecular Hbond substituents is 1. The van der Waals surface area contributed by atoms with Crippen LogP contribution in [-0.2, 0) is 25.6 Å². The lowest BCUT2D eigenvalue weighted by molar-refractivity contribution is -0.153. The van der Waals surface area contributed by atoms with E-state index in [-0.39, 0.29) is 36.2 Å². The van der Waals surface area contributed by atoms with Crippen molar-refractivity contribution in [3.05, 3.63) is 39.9 Å². The maximum atomic E-state index is 15.0. The van der Waals surface area contributed by atoms with Gasteiger partial charge in [-0.2, -0.15) is 0 Å². The number of nitrogens with two attached hydrogens (primary N) is 1. The number of nitrogens with one attached hydrogen (secondary N) is 1. The summed E-state index contributed by atoms with van der Waals surface area (Å²) >= 11 is 0. The zero-order valence-electron chi connectivity index (χ0n) is 18.8. The van der Waals surface area contributed by atoms with Crippen molar-refractivity contribution in [3.8, 4) is 5.75 Å². The largest absolute Gasteiger partial charge is 0.508 e. The van der Waals surface area contributed by atoms with E-state index in [4.69, 9.17) is 5.73 Å². The number of benzene rings is 1. The lowest BCUT2D eigenvalue weighted by atomic mass is 9.57. The molecule has 1 amide bonds. The number of carbonyl (C=O) groups excluding carboxylic acids is 4. The van der Waals surface area contributed by atoms with E-state index in [1.807, 2.05) is 0 Å². The summed E-state index contributed by atoms with van der Waals surface area (Å²) in [5.74, 6) is -8.96. The number of hydrogen-bond donors (Lipinski definition) is 6. The normalized spacial score (nSPS) is 28.0. The highest BCUT2D eigenvalue weighted by molar-refractivity contribution is 6.24. The number of aliphatic hydroxyl groups excluding tert-OH is 2. The third-order valence-electron chi connectivity index (χ3n) is 7.04. The van der Waals surface area contributed by atoms with Crippen LogP contribution in [0.3, 0.4) is 0 Å². The number of Topliss-reactive ketones (excluding diaryl/α,β-unsaturated/α-hetero) is 2. The van der Waals surface area contributed by atoms with E-state index in [0.717, 1.165) is 6.07 Å². The zero-order chi connectivity index (χ0) is 26.0. The van der Waals surface area contributed by atoms with Gasteiger partial charge in [-0.05, 0) is 32.9 Å². The molecule has 0 spiro atoms. The summed E-state index contributed by atoms with van der Waals surface area (Å²) in [5.41, 5.74) is 0.502. The van der Waals surface area contributed by atoms with E-state index < -0.39 is 75.2 Å². The molecule has 35 heavy (non-hydrogen) atoms. The van der Waals surface area contributed by atoms with Crippen molar-refractivity contribution >= 4 is 35.2 Å². The van der Waals surface area contributed by atoms with Crippen LogP contribution in [0.15, 0.2) is 23.0 Å². The Kier molecular flexibility index (Phi) is 5.68. The predicted molar refractivity (Wildman–Crippen MR) is 119 cm³/mol. The van der Waals surface area contributed by atoms with Crippen LogP contribution in [0.4, 0.5) is 10.1 Å². The molecule has 4 rings (SSSR count). The first-order valence-electron chi connectivity index (χ1n) is 10.7. The Hall–Kier alpha value is -3.77. The maximum absolute atomic E-state index is 15.0. The molecule has 186 valence electrons. The third kappa shape index (κ3) is 3.24. The lowest BCUT2D eigenvalue weighted by Crippen LogP contribution is -2.65. The number of amides is 1. The second-order valence-corrected chi connectivity index (χ2v) is 9.12. The van der Waals surface area contributed by atoms with Crippen LogP contribution in [0.5, 0.6) is 5.75 Å². The van der Waals surface area contributed by atoms with Gasteiger partial charge in [0.1, 0.15) is 34.9 Å². The molecule has 1 aromatic rings. The molecule has 0 aliphatic heterocycles. The predicted octanol–water partition coefficient (Wildman–Crippen LogP) is -0.286. The van der Waals surface area contributed by atoms with E-state index in [9.17, 15) is 44.0 Å². The number of rotatable bonds is 5. The maximum Gasteiger partial charge on any atom is 0.255 e. The average molecular weight is 489 g/mol. The summed E-state index contributed by atoms with van der Waals surface area (Å²) in [7, 11) is 2.97. The smallest absolute Gasteiger partial charge is 0.255 e. The first-order chi connectivity index (χ1) is 16.4. The van der Waals surface area contributed by atoms with Gasteiger partial charge in [-0.1, -0.05) is 0 Å². The average Bonchev–Trinajstić information content (AvgIpc) is 2.77. The molecule has 12 heteroatoms. The minimum absolute atomic E-state index is 0.0928. The van der Waals surface area contributed by atoms with E-state index >= 15 is 0 Å². The van der Waals surface area contributed by atoms with Crippen LogP contribution in [-0.4, -0.2) is 81.4 Å². The number of hydrogen-bond acceptors (Lipinski definition) is 10. The second-order valence-electron chi connectivity index (χ2n) is 9.12. The fraction of sp³-hybridized carbons (Fsp3) is 0.391. The molecule has 1 fully saturated rings. The van der Waals surface area contributed by atoms with Gasteiger partial charge in [0.15, 0.2) is 11.4 Å². The van der Waals surface area contributed by atoms with Gasteiger partial charge in [-0.25, -0.2) is 4.39 Å². The van der Waals surface area contributed by atoms with Crippen LogP contribution in [0, 0.1) is 17.7 Å². The Balaban J connectivity index is 1.96. The van der Waals surface area contributed by atoms with Crippen LogP contribution in [0.25, 0.3) is 5.76 Å². The number of primary amides is 1. The van der Waals surface area contributed by atoms with Crippen LogP contribution in [0.1, 0.15) is 17.5 Å². The van der Waals surface area contributed by atoms with Crippen molar-refractivity contribution < 1.29 is 44.0 Å². The number of aromatic hydroxyl groups is 1. The molecule has 3 aliphatic rings. The van der Waals surface area contributed by atoms with Gasteiger partial charge in [0, 0.05) is 23.1 Å². The van der Waals surface area contributed by atoms with Crippen LogP contribution in [0.2, 0.25) is 0 Å². The molecule has 0 saturated heterocycles. The molecule has 0 unspecified atom stereocenters. The van der Waals surface area contributed by atoms with Crippen molar-refractivity contribution in [2.75, 3.05) is 26.0 Å². The fourth-order valence-corrected chi connectivity index (χ4v) is 5.55. The second kappa shape index (κ2) is 8.17. The third-order valence-corrected chi connectivity index (χ3v) is 7.04. The van der Waals surface area contributed by atoms with Gasteiger partial charge in [0.05, 0.1) is 23.8 Å². The number of nitrogens with zero attached hydrogens (tertiary/aromatic N) is 1. The topological polar surface area (TPSA) is 190 Å². The first kappa shape index (κ1) is 24.4. The van der Waals surface area contributed by atoms with Gasteiger partial charge in [-0.3, -0.25) is 19.3 Å². The molecule has 11 nitrogen and oxygen atoms in total. The summed E-state index contributed by atoms with van der Waals surface area (Å²) in [6.45, 7) is -0.263. The molecule has 0 aromatic heterocycles. The van der Waals surface area contributed by atoms with Gasteiger partial charge < -0.3 is 36.3 Å². The summed E-state index contributed by atoms with van der Waals surface area (Å²) in [6.07, 6.45) is 0.168. The van der Waals surface area contributed by atoms with Crippen molar-refractivity contribution in [3.63, 3.8) is 0 Å². The quantitative estimate of drug-likeness (QED) is 0.182. The number of ketones is 2. The summed E-state index contributed by atoms with van der Waals surface area (Å²) in [6, 6.07) is -0.266. The molecule has 0 bridgehead atoms. The molecular weight excluding hydrogens is 465 g/mol. The highest BCUT2D eigenvalue weighted by Crippen LogP contribution is 2.53. The molecule has 4 atom stereocenters. The van der Waals surface area contributed by atoms with Crippen LogP contribution < -0.4 is 11.1 Å². The van der Waals surface area contributed by atoms with Crippen molar-refractivity contribution in [2.24, 2.45) is 17.6 Å². The van der Waals surface area contributed by atoms with Crippen molar-refractivity contribution in [1.29, 1.82) is 0 Å². The van der Waals surface area contributed by atoms with Gasteiger partial charge in [0.2, 0.25) is 5.78 Å². The Labute approximate surface area is 198 Å². The Morgan fingerprint density at radius 3 is 2.54 bits per heavy atom.